The lowest BCUT2D eigenvalue weighted by atomic mass is 9.92. The van der Waals surface area contributed by atoms with E-state index in [-0.39, 0.29) is 23.9 Å². The summed E-state index contributed by atoms with van der Waals surface area (Å²) in [4.78, 5) is 27.3. The molecule has 1 aromatic carbocycles. The molecule has 0 saturated heterocycles. The highest BCUT2D eigenvalue weighted by molar-refractivity contribution is 5.94. The van der Waals surface area contributed by atoms with Crippen molar-refractivity contribution in [1.82, 2.24) is 19.6 Å². The number of carbonyl (C=O) groups excluding carboxylic acids is 2. The van der Waals surface area contributed by atoms with Gasteiger partial charge in [0.05, 0.1) is 11.4 Å². The molecule has 7 nitrogen and oxygen atoms in total. The molecule has 0 atom stereocenters. The zero-order valence-electron chi connectivity index (χ0n) is 17.2. The average molecular weight is 371 g/mol. The predicted octanol–water partition coefficient (Wildman–Crippen LogP) is 3.03. The first kappa shape index (κ1) is 20.5. The number of carbonyl (C=O) groups is 2. The molecule has 0 radical (unpaired) electrons. The van der Waals surface area contributed by atoms with Crippen LogP contribution in [0.3, 0.4) is 0 Å². The minimum absolute atomic E-state index is 0.0409. The second-order valence-electron chi connectivity index (χ2n) is 7.94. The number of amides is 3. The standard InChI is InChI=1S/C20H29N5O2/c1-14-10-8-9-11-15(14)25-17(12-16(22-25)20(2,3)4)21-18(26)13-24(7)19(27)23(5)6/h8-12H,13H2,1-7H3,(H,21,26). The number of urea groups is 1. The van der Waals surface area contributed by atoms with E-state index in [0.29, 0.717) is 5.82 Å². The lowest BCUT2D eigenvalue weighted by Gasteiger charge is -2.21. The van der Waals surface area contributed by atoms with Crippen molar-refractivity contribution in [3.8, 4) is 5.69 Å². The minimum Gasteiger partial charge on any atom is -0.331 e. The molecular formula is C20H29N5O2. The van der Waals surface area contributed by atoms with Gasteiger partial charge in [-0.3, -0.25) is 4.79 Å². The van der Waals surface area contributed by atoms with Crippen LogP contribution in [0.15, 0.2) is 30.3 Å². The van der Waals surface area contributed by atoms with Crippen molar-refractivity contribution in [1.29, 1.82) is 0 Å². The Kier molecular flexibility index (Phi) is 5.93. The van der Waals surface area contributed by atoms with Gasteiger partial charge in [-0.15, -0.1) is 0 Å². The molecule has 3 amide bonds. The molecule has 0 fully saturated rings. The van der Waals surface area contributed by atoms with Crippen molar-refractivity contribution in [2.24, 2.45) is 0 Å². The summed E-state index contributed by atoms with van der Waals surface area (Å²) in [5.74, 6) is 0.313. The van der Waals surface area contributed by atoms with Gasteiger partial charge < -0.3 is 15.1 Å². The molecule has 0 bridgehead atoms. The van der Waals surface area contributed by atoms with E-state index in [9.17, 15) is 9.59 Å². The highest BCUT2D eigenvalue weighted by Crippen LogP contribution is 2.27. The van der Waals surface area contributed by atoms with Gasteiger partial charge in [0.2, 0.25) is 5.91 Å². The summed E-state index contributed by atoms with van der Waals surface area (Å²) in [7, 11) is 4.90. The summed E-state index contributed by atoms with van der Waals surface area (Å²) >= 11 is 0. The predicted molar refractivity (Wildman–Crippen MR) is 107 cm³/mol. The lowest BCUT2D eigenvalue weighted by Crippen LogP contribution is -2.41. The molecule has 7 heteroatoms. The smallest absolute Gasteiger partial charge is 0.319 e. The van der Waals surface area contributed by atoms with Crippen LogP contribution in [-0.2, 0) is 10.2 Å². The van der Waals surface area contributed by atoms with Crippen LogP contribution in [-0.4, -0.2) is 59.2 Å². The number of nitrogens with one attached hydrogen (secondary N) is 1. The van der Waals surface area contributed by atoms with Crippen molar-refractivity contribution in [2.75, 3.05) is 33.0 Å². The van der Waals surface area contributed by atoms with Gasteiger partial charge in [-0.25, -0.2) is 9.48 Å². The summed E-state index contributed by atoms with van der Waals surface area (Å²) in [5.41, 5.74) is 2.67. The topological polar surface area (TPSA) is 70.5 Å². The van der Waals surface area contributed by atoms with Crippen LogP contribution in [0.5, 0.6) is 0 Å². The summed E-state index contributed by atoms with van der Waals surface area (Å²) in [5, 5.41) is 7.62. The second kappa shape index (κ2) is 7.82. The van der Waals surface area contributed by atoms with Gasteiger partial charge in [0.1, 0.15) is 12.4 Å². The average Bonchev–Trinajstić information content (AvgIpc) is 2.98. The number of benzene rings is 1. The van der Waals surface area contributed by atoms with Crippen molar-refractivity contribution in [2.45, 2.75) is 33.1 Å². The third-order valence-corrected chi connectivity index (χ3v) is 4.18. The molecule has 0 aliphatic carbocycles. The number of anilines is 1. The zero-order chi connectivity index (χ0) is 20.4. The number of para-hydroxylation sites is 1. The largest absolute Gasteiger partial charge is 0.331 e. The minimum atomic E-state index is -0.275. The summed E-state index contributed by atoms with van der Waals surface area (Å²) in [6.07, 6.45) is 0. The number of hydrogen-bond acceptors (Lipinski definition) is 3. The lowest BCUT2D eigenvalue weighted by molar-refractivity contribution is -0.116. The third-order valence-electron chi connectivity index (χ3n) is 4.18. The Labute approximate surface area is 161 Å². The number of aromatic nitrogens is 2. The van der Waals surface area contributed by atoms with Crippen LogP contribution >= 0.6 is 0 Å². The Morgan fingerprint density at radius 2 is 1.78 bits per heavy atom. The van der Waals surface area contributed by atoms with Crippen LogP contribution < -0.4 is 5.32 Å². The normalized spacial score (nSPS) is 11.2. The molecule has 0 aliphatic heterocycles. The van der Waals surface area contributed by atoms with E-state index >= 15 is 0 Å². The highest BCUT2D eigenvalue weighted by Gasteiger charge is 2.23. The van der Waals surface area contributed by atoms with Crippen LogP contribution in [0.1, 0.15) is 32.0 Å². The maximum atomic E-state index is 12.5. The van der Waals surface area contributed by atoms with Crippen LogP contribution in [0.4, 0.5) is 10.6 Å². The fourth-order valence-electron chi connectivity index (χ4n) is 2.63. The van der Waals surface area contributed by atoms with Crippen molar-refractivity contribution < 1.29 is 9.59 Å². The molecule has 0 aliphatic rings. The van der Waals surface area contributed by atoms with E-state index in [1.54, 1.807) is 25.8 Å². The van der Waals surface area contributed by atoms with Crippen molar-refractivity contribution in [3.63, 3.8) is 0 Å². The van der Waals surface area contributed by atoms with E-state index in [0.717, 1.165) is 16.9 Å². The van der Waals surface area contributed by atoms with Gasteiger partial charge in [-0.05, 0) is 18.6 Å². The molecular weight excluding hydrogens is 342 g/mol. The maximum absolute atomic E-state index is 12.5. The molecule has 146 valence electrons. The molecule has 1 heterocycles. The molecule has 0 unspecified atom stereocenters. The van der Waals surface area contributed by atoms with E-state index in [1.165, 1.54) is 9.80 Å². The third kappa shape index (κ3) is 4.87. The molecule has 0 saturated carbocycles. The first-order valence-corrected chi connectivity index (χ1v) is 8.89. The van der Waals surface area contributed by atoms with Crippen LogP contribution in [0, 0.1) is 6.92 Å². The number of nitrogens with zero attached hydrogens (tertiary/aromatic N) is 4. The monoisotopic (exact) mass is 371 g/mol. The number of aryl methyl sites for hydroxylation is 1. The zero-order valence-corrected chi connectivity index (χ0v) is 17.2. The fraction of sp³-hybridized carbons (Fsp3) is 0.450. The molecule has 2 aromatic rings. The highest BCUT2D eigenvalue weighted by atomic mass is 16.2. The van der Waals surface area contributed by atoms with Crippen molar-refractivity contribution >= 4 is 17.8 Å². The molecule has 2 rings (SSSR count). The second-order valence-corrected chi connectivity index (χ2v) is 7.94. The van der Waals surface area contributed by atoms with E-state index in [4.69, 9.17) is 5.10 Å². The summed E-state index contributed by atoms with van der Waals surface area (Å²) < 4.78 is 1.75. The Morgan fingerprint density at radius 1 is 1.15 bits per heavy atom. The van der Waals surface area contributed by atoms with E-state index in [2.05, 4.69) is 26.1 Å². The number of likely N-dealkylation sites (N-methyl/N-ethyl adjacent to an activating group) is 1. The molecule has 1 aromatic heterocycles. The fourth-order valence-corrected chi connectivity index (χ4v) is 2.63. The molecule has 27 heavy (non-hydrogen) atoms. The Balaban J connectivity index is 2.33. The van der Waals surface area contributed by atoms with Gasteiger partial charge in [-0.2, -0.15) is 5.10 Å². The van der Waals surface area contributed by atoms with Gasteiger partial charge >= 0.3 is 6.03 Å². The Morgan fingerprint density at radius 3 is 2.33 bits per heavy atom. The van der Waals surface area contributed by atoms with Gasteiger partial charge in [0.25, 0.3) is 0 Å². The first-order chi connectivity index (χ1) is 12.5. The Bertz CT molecular complexity index is 833. The van der Waals surface area contributed by atoms with E-state index in [1.807, 2.05) is 37.3 Å². The van der Waals surface area contributed by atoms with Crippen molar-refractivity contribution in [3.05, 3.63) is 41.6 Å². The van der Waals surface area contributed by atoms with Gasteiger partial charge in [0, 0.05) is 32.6 Å². The Hall–Kier alpha value is -2.83. The van der Waals surface area contributed by atoms with E-state index < -0.39 is 0 Å². The van der Waals surface area contributed by atoms with Crippen LogP contribution in [0.25, 0.3) is 5.69 Å². The SMILES string of the molecule is Cc1ccccc1-n1nc(C(C)(C)C)cc1NC(=O)CN(C)C(=O)N(C)C. The maximum Gasteiger partial charge on any atom is 0.319 e. The van der Waals surface area contributed by atoms with Gasteiger partial charge in [0.15, 0.2) is 0 Å². The molecule has 1 N–H and O–H groups in total. The quantitative estimate of drug-likeness (QED) is 0.898. The summed E-state index contributed by atoms with van der Waals surface area (Å²) in [6.45, 7) is 8.19. The number of hydrogen-bond donors (Lipinski definition) is 1. The first-order valence-electron chi connectivity index (χ1n) is 8.89. The van der Waals surface area contributed by atoms with Crippen LogP contribution in [0.2, 0.25) is 0 Å². The summed E-state index contributed by atoms with van der Waals surface area (Å²) in [6, 6.07) is 9.53. The number of rotatable bonds is 4. The van der Waals surface area contributed by atoms with Gasteiger partial charge in [-0.1, -0.05) is 39.0 Å². The molecule has 0 spiro atoms.